The van der Waals surface area contributed by atoms with Gasteiger partial charge < -0.3 is 60.7 Å². The molecule has 432 valence electrons. The molecule has 2 fully saturated rings. The molecule has 25 heteroatoms. The number of benzene rings is 4. The first-order valence-corrected chi connectivity index (χ1v) is 27.4. The molecule has 2 aliphatic heterocycles. The molecule has 0 saturated carbocycles. The number of carbonyl (C=O) groups is 4. The zero-order valence-electron chi connectivity index (χ0n) is 45.9. The standard InChI is InChI=1S/C26H28FN5O5.C16H24N2O3.C14H14FN3O4S/c1-3-36-26(34)32-12-4-5-19(15-32)37-18-9-7-17(8-10-18)30-25-29-14-21(24(28)31-25)23(33)20-13-16(27)6-11-22(20)35-2;1-16(2,3)21-15(19)18-10-4-5-14(11-18)20-13-8-6-12(17)7-9-13;1-3-23(20,21)14-17-7-10(13(16)18-14)12(19)9-6-8(15)4-5-11(9)22-2/h6-11,13-14,19H,3-5,12,15H2,1-2H3,(H3,28,29,30,31);6-9,14H,4-5,10-11,17H2,1-3H3;4-7H,3H2,1-2H3,(H2,16,17,18). The summed E-state index contributed by atoms with van der Waals surface area (Å²) in [4.78, 5) is 68.5. The van der Waals surface area contributed by atoms with Gasteiger partial charge in [-0.15, -0.1) is 0 Å². The Morgan fingerprint density at radius 3 is 1.60 bits per heavy atom. The van der Waals surface area contributed by atoms with Gasteiger partial charge in [0.15, 0.2) is 0 Å². The average Bonchev–Trinajstić information content (AvgIpc) is 3.48. The number of halogens is 2. The highest BCUT2D eigenvalue weighted by atomic mass is 32.2. The number of nitrogens with one attached hydrogen (secondary N) is 1. The van der Waals surface area contributed by atoms with Crippen LogP contribution in [0.25, 0.3) is 0 Å². The van der Waals surface area contributed by atoms with E-state index in [2.05, 4.69) is 25.3 Å². The Bertz CT molecular complexity index is 3280. The Balaban J connectivity index is 0.000000208. The third-order valence-electron chi connectivity index (χ3n) is 12.1. The summed E-state index contributed by atoms with van der Waals surface area (Å²) in [6.45, 7) is 11.6. The first kappa shape index (κ1) is 61.3. The first-order chi connectivity index (χ1) is 38.5. The molecule has 22 nitrogen and oxygen atoms in total. The number of methoxy groups -OCH3 is 2. The molecular formula is C56H66F2N10O12S. The molecule has 81 heavy (non-hydrogen) atoms. The third-order valence-corrected chi connectivity index (χ3v) is 13.6. The molecule has 2 aliphatic rings. The van der Waals surface area contributed by atoms with Crippen molar-refractivity contribution in [2.45, 2.75) is 83.3 Å². The van der Waals surface area contributed by atoms with Gasteiger partial charge in [0.25, 0.3) is 0 Å². The SMILES string of the molecule is CC(C)(C)OC(=O)N1CCCC(Oc2ccc(N)cc2)C1.CCOC(=O)N1CCCC(Oc2ccc(Nc3ncc(C(=O)c4cc(F)ccc4OC)c(N)n3)cc2)C1.CCS(=O)(=O)c1ncc(C(=O)c2cc(F)ccc2OC)c(N)n1. The van der Waals surface area contributed by atoms with E-state index in [1.54, 1.807) is 41.0 Å². The first-order valence-electron chi connectivity index (χ1n) is 25.7. The Morgan fingerprint density at radius 1 is 0.667 bits per heavy atom. The van der Waals surface area contributed by atoms with Gasteiger partial charge in [0.2, 0.25) is 32.5 Å². The van der Waals surface area contributed by atoms with Crippen molar-refractivity contribution >= 4 is 62.5 Å². The molecular weight excluding hydrogens is 1070 g/mol. The highest BCUT2D eigenvalue weighted by Crippen LogP contribution is 2.28. The predicted molar refractivity (Wildman–Crippen MR) is 298 cm³/mol. The van der Waals surface area contributed by atoms with E-state index in [-0.39, 0.29) is 81.5 Å². The van der Waals surface area contributed by atoms with E-state index < -0.39 is 43.8 Å². The van der Waals surface area contributed by atoms with Crippen molar-refractivity contribution in [2.24, 2.45) is 0 Å². The highest BCUT2D eigenvalue weighted by molar-refractivity contribution is 7.91. The maximum atomic E-state index is 13.7. The van der Waals surface area contributed by atoms with E-state index in [0.717, 1.165) is 62.4 Å². The number of ether oxygens (including phenoxy) is 6. The van der Waals surface area contributed by atoms with Crippen LogP contribution < -0.4 is 41.5 Å². The summed E-state index contributed by atoms with van der Waals surface area (Å²) in [6, 6.07) is 21.6. The minimum Gasteiger partial charge on any atom is -0.496 e. The molecule has 8 rings (SSSR count). The van der Waals surface area contributed by atoms with Crippen LogP contribution in [0.15, 0.2) is 102 Å². The molecule has 2 amide bonds. The molecule has 7 N–H and O–H groups in total. The van der Waals surface area contributed by atoms with Gasteiger partial charge in [0, 0.05) is 36.9 Å². The largest absolute Gasteiger partial charge is 0.496 e. The third kappa shape index (κ3) is 17.3. The van der Waals surface area contributed by atoms with Crippen molar-refractivity contribution in [1.82, 2.24) is 29.7 Å². The minimum atomic E-state index is -3.65. The molecule has 0 aliphatic carbocycles. The average molecular weight is 1140 g/mol. The number of piperidine rings is 2. The summed E-state index contributed by atoms with van der Waals surface area (Å²) < 4.78 is 83.1. The number of aromatic nitrogens is 4. The molecule has 2 saturated heterocycles. The molecule has 2 atom stereocenters. The van der Waals surface area contributed by atoms with Crippen LogP contribution in [0.1, 0.15) is 92.1 Å². The molecule has 0 radical (unpaired) electrons. The molecule has 4 heterocycles. The van der Waals surface area contributed by atoms with Crippen LogP contribution >= 0.6 is 0 Å². The molecule has 2 unspecified atom stereocenters. The summed E-state index contributed by atoms with van der Waals surface area (Å²) in [5, 5.41) is 2.57. The van der Waals surface area contributed by atoms with Crippen molar-refractivity contribution in [1.29, 1.82) is 0 Å². The zero-order chi connectivity index (χ0) is 59.0. The minimum absolute atomic E-state index is 0.00473. The second kappa shape index (κ2) is 27.8. The highest BCUT2D eigenvalue weighted by Gasteiger charge is 2.30. The Kier molecular flexibility index (Phi) is 21.1. The number of ketones is 2. The fourth-order valence-electron chi connectivity index (χ4n) is 8.09. The zero-order valence-corrected chi connectivity index (χ0v) is 46.8. The van der Waals surface area contributed by atoms with Gasteiger partial charge in [-0.25, -0.2) is 41.7 Å². The van der Waals surface area contributed by atoms with E-state index in [1.807, 2.05) is 45.0 Å². The lowest BCUT2D eigenvalue weighted by Gasteiger charge is -2.34. The maximum Gasteiger partial charge on any atom is 0.410 e. The molecule has 6 aromatic rings. The monoisotopic (exact) mass is 1140 g/mol. The summed E-state index contributed by atoms with van der Waals surface area (Å²) in [6.07, 6.45) is 5.11. The van der Waals surface area contributed by atoms with Crippen molar-refractivity contribution < 1.29 is 64.8 Å². The van der Waals surface area contributed by atoms with E-state index in [9.17, 15) is 36.4 Å². The van der Waals surface area contributed by atoms with E-state index in [0.29, 0.717) is 43.4 Å². The van der Waals surface area contributed by atoms with Crippen LogP contribution in [0.4, 0.5) is 47.3 Å². The number of anilines is 5. The Labute approximate surface area is 468 Å². The number of nitrogens with zero attached hydrogens (tertiary/aromatic N) is 6. The molecule has 2 aromatic heterocycles. The number of carbonyl (C=O) groups excluding carboxylic acids is 4. The van der Waals surface area contributed by atoms with Gasteiger partial charge in [-0.05, 0) is 138 Å². The second-order valence-electron chi connectivity index (χ2n) is 19.2. The quantitative estimate of drug-likeness (QED) is 0.0425. The summed E-state index contributed by atoms with van der Waals surface area (Å²) in [5.41, 5.74) is 18.1. The number of rotatable bonds is 15. The number of hydrogen-bond acceptors (Lipinski definition) is 20. The fraction of sp³-hybridized carbons (Fsp3) is 0.357. The van der Waals surface area contributed by atoms with E-state index in [1.165, 1.54) is 45.5 Å². The smallest absolute Gasteiger partial charge is 0.410 e. The molecule has 0 spiro atoms. The van der Waals surface area contributed by atoms with E-state index >= 15 is 0 Å². The van der Waals surface area contributed by atoms with Gasteiger partial charge in [0.05, 0.1) is 61.9 Å². The Hall–Kier alpha value is -8.87. The lowest BCUT2D eigenvalue weighted by atomic mass is 10.0. The Morgan fingerprint density at radius 2 is 1.15 bits per heavy atom. The van der Waals surface area contributed by atoms with Gasteiger partial charge in [-0.2, -0.15) is 4.98 Å². The number of hydrogen-bond donors (Lipinski definition) is 4. The number of sulfone groups is 1. The van der Waals surface area contributed by atoms with Crippen LogP contribution in [-0.4, -0.2) is 132 Å². The summed E-state index contributed by atoms with van der Waals surface area (Å²) >= 11 is 0. The number of likely N-dealkylation sites (tertiary alicyclic amines) is 2. The predicted octanol–water partition coefficient (Wildman–Crippen LogP) is 8.46. The fourth-order valence-corrected chi connectivity index (χ4v) is 8.80. The second-order valence-corrected chi connectivity index (χ2v) is 21.4. The number of nitrogen functional groups attached to an aromatic ring is 3. The summed E-state index contributed by atoms with van der Waals surface area (Å²) in [5.74, 6) is -0.979. The number of amides is 2. The van der Waals surface area contributed by atoms with Crippen molar-refractivity contribution in [3.8, 4) is 23.0 Å². The van der Waals surface area contributed by atoms with Crippen molar-refractivity contribution in [3.05, 3.63) is 131 Å². The van der Waals surface area contributed by atoms with Gasteiger partial charge in [-0.1, -0.05) is 6.92 Å². The van der Waals surface area contributed by atoms with Crippen molar-refractivity contribution in [2.75, 3.05) is 75.3 Å². The van der Waals surface area contributed by atoms with Crippen LogP contribution in [0.5, 0.6) is 23.0 Å². The molecule has 0 bridgehead atoms. The van der Waals surface area contributed by atoms with Crippen LogP contribution in [0.3, 0.4) is 0 Å². The van der Waals surface area contributed by atoms with Gasteiger partial charge >= 0.3 is 12.2 Å². The molecule has 4 aromatic carbocycles. The van der Waals surface area contributed by atoms with E-state index in [4.69, 9.17) is 45.6 Å². The topological polar surface area (TPSA) is 306 Å². The van der Waals surface area contributed by atoms with Crippen LogP contribution in [-0.2, 0) is 19.3 Å². The summed E-state index contributed by atoms with van der Waals surface area (Å²) in [7, 11) is -0.922. The number of nitrogens with two attached hydrogens (primary N) is 3. The van der Waals surface area contributed by atoms with Crippen molar-refractivity contribution in [3.63, 3.8) is 0 Å². The lowest BCUT2D eigenvalue weighted by Crippen LogP contribution is -2.46. The van der Waals surface area contributed by atoms with Gasteiger partial charge in [-0.3, -0.25) is 9.59 Å². The van der Waals surface area contributed by atoms with Crippen LogP contribution in [0.2, 0.25) is 0 Å². The lowest BCUT2D eigenvalue weighted by molar-refractivity contribution is 0.00774. The normalized spacial score (nSPS) is 15.1. The maximum absolute atomic E-state index is 13.7. The van der Waals surface area contributed by atoms with Gasteiger partial charge in [0.1, 0.15) is 64.1 Å². The van der Waals surface area contributed by atoms with Crippen LogP contribution in [0, 0.1) is 11.6 Å².